The number of aromatic nitrogens is 2. The van der Waals surface area contributed by atoms with Crippen LogP contribution >= 0.6 is 0 Å². The molecule has 0 saturated heterocycles. The molecule has 28 heavy (non-hydrogen) atoms. The van der Waals surface area contributed by atoms with Gasteiger partial charge in [0.15, 0.2) is 0 Å². The van der Waals surface area contributed by atoms with E-state index in [9.17, 15) is 9.90 Å². The Morgan fingerprint density at radius 1 is 1.04 bits per heavy atom. The van der Waals surface area contributed by atoms with Gasteiger partial charge >= 0.3 is 0 Å². The normalized spacial score (nSPS) is 10.9. The minimum atomic E-state index is -0.230. The summed E-state index contributed by atoms with van der Waals surface area (Å²) in [6.45, 7) is 0.487. The molecule has 1 heterocycles. The van der Waals surface area contributed by atoms with Gasteiger partial charge in [-0.2, -0.15) is 0 Å². The third-order valence-corrected chi connectivity index (χ3v) is 4.59. The van der Waals surface area contributed by atoms with Crippen molar-refractivity contribution in [2.75, 3.05) is 12.3 Å². The lowest BCUT2D eigenvalue weighted by Gasteiger charge is -2.07. The fourth-order valence-electron chi connectivity index (χ4n) is 3.09. The number of aromatic amines is 1. The van der Waals surface area contributed by atoms with Crippen molar-refractivity contribution in [3.05, 3.63) is 77.9 Å². The predicted octanol–water partition coefficient (Wildman–Crippen LogP) is 3.49. The molecule has 0 radical (unpaired) electrons. The van der Waals surface area contributed by atoms with E-state index in [1.54, 1.807) is 6.07 Å². The summed E-state index contributed by atoms with van der Waals surface area (Å²) in [4.78, 5) is 20.4. The SMILES string of the molecule is Nc1ccc(CCNC(=O)c2ccc(O)c3[nH]c(-c4ccccc4)nc23)cc1. The van der Waals surface area contributed by atoms with E-state index < -0.39 is 0 Å². The van der Waals surface area contributed by atoms with Crippen molar-refractivity contribution in [1.29, 1.82) is 0 Å². The van der Waals surface area contributed by atoms with Crippen molar-refractivity contribution < 1.29 is 9.90 Å². The van der Waals surface area contributed by atoms with E-state index in [0.29, 0.717) is 41.1 Å². The molecule has 4 aromatic rings. The van der Waals surface area contributed by atoms with Crippen LogP contribution in [0.1, 0.15) is 15.9 Å². The summed E-state index contributed by atoms with van der Waals surface area (Å²) in [5.74, 6) is 0.433. The lowest BCUT2D eigenvalue weighted by molar-refractivity contribution is 0.0955. The Morgan fingerprint density at radius 3 is 2.54 bits per heavy atom. The maximum absolute atomic E-state index is 12.7. The number of fused-ring (bicyclic) bond motifs is 1. The number of imidazole rings is 1. The van der Waals surface area contributed by atoms with E-state index in [1.807, 2.05) is 54.6 Å². The number of nitrogens with one attached hydrogen (secondary N) is 2. The van der Waals surface area contributed by atoms with Gasteiger partial charge in [-0.25, -0.2) is 4.98 Å². The van der Waals surface area contributed by atoms with Gasteiger partial charge in [-0.1, -0.05) is 42.5 Å². The molecule has 6 nitrogen and oxygen atoms in total. The summed E-state index contributed by atoms with van der Waals surface area (Å²) >= 11 is 0. The first-order chi connectivity index (χ1) is 13.6. The van der Waals surface area contributed by atoms with E-state index in [1.165, 1.54) is 6.07 Å². The van der Waals surface area contributed by atoms with Gasteiger partial charge in [-0.05, 0) is 36.2 Å². The van der Waals surface area contributed by atoms with E-state index in [2.05, 4.69) is 15.3 Å². The Hall–Kier alpha value is -3.80. The Morgan fingerprint density at radius 2 is 1.79 bits per heavy atom. The van der Waals surface area contributed by atoms with Crippen LogP contribution in [-0.4, -0.2) is 27.5 Å². The first kappa shape index (κ1) is 17.6. The van der Waals surface area contributed by atoms with Gasteiger partial charge in [0.05, 0.1) is 5.56 Å². The van der Waals surface area contributed by atoms with Crippen LogP contribution in [0.25, 0.3) is 22.4 Å². The van der Waals surface area contributed by atoms with Gasteiger partial charge in [-0.15, -0.1) is 0 Å². The number of H-pyrrole nitrogens is 1. The van der Waals surface area contributed by atoms with Crippen LogP contribution in [0.4, 0.5) is 5.69 Å². The fourth-order valence-corrected chi connectivity index (χ4v) is 3.09. The van der Waals surface area contributed by atoms with Crippen LogP contribution in [0.2, 0.25) is 0 Å². The lowest BCUT2D eigenvalue weighted by atomic mass is 10.1. The number of nitrogens with zero attached hydrogens (tertiary/aromatic N) is 1. The third-order valence-electron chi connectivity index (χ3n) is 4.59. The van der Waals surface area contributed by atoms with Crippen molar-refractivity contribution in [1.82, 2.24) is 15.3 Å². The van der Waals surface area contributed by atoms with Gasteiger partial charge in [0, 0.05) is 17.8 Å². The summed E-state index contributed by atoms with van der Waals surface area (Å²) in [6, 6.07) is 20.2. The maximum Gasteiger partial charge on any atom is 0.253 e. The number of hydrogen-bond donors (Lipinski definition) is 4. The van der Waals surface area contributed by atoms with E-state index in [0.717, 1.165) is 11.1 Å². The zero-order valence-electron chi connectivity index (χ0n) is 15.1. The highest BCUT2D eigenvalue weighted by Crippen LogP contribution is 2.29. The highest BCUT2D eigenvalue weighted by molar-refractivity contribution is 6.06. The molecule has 0 aliphatic heterocycles. The molecule has 1 aromatic heterocycles. The smallest absolute Gasteiger partial charge is 0.253 e. The number of phenolic OH excluding ortho intramolecular Hbond substituents is 1. The van der Waals surface area contributed by atoms with Crippen LogP contribution < -0.4 is 11.1 Å². The Labute approximate surface area is 162 Å². The molecule has 0 unspecified atom stereocenters. The number of carbonyl (C=O) groups is 1. The molecule has 140 valence electrons. The molecule has 1 amide bonds. The van der Waals surface area contributed by atoms with Crippen LogP contribution in [-0.2, 0) is 6.42 Å². The number of amides is 1. The van der Waals surface area contributed by atoms with Gasteiger partial charge in [-0.3, -0.25) is 4.79 Å². The molecule has 0 saturated carbocycles. The first-order valence-corrected chi connectivity index (χ1v) is 9.01. The van der Waals surface area contributed by atoms with Crippen LogP contribution in [0.3, 0.4) is 0 Å². The largest absolute Gasteiger partial charge is 0.506 e. The molecule has 0 atom stereocenters. The minimum absolute atomic E-state index is 0.0584. The highest BCUT2D eigenvalue weighted by Gasteiger charge is 2.17. The maximum atomic E-state index is 12.7. The van der Waals surface area contributed by atoms with Gasteiger partial charge in [0.1, 0.15) is 22.6 Å². The molecular weight excluding hydrogens is 352 g/mol. The number of benzene rings is 3. The zero-order chi connectivity index (χ0) is 19.5. The number of carbonyl (C=O) groups excluding carboxylic acids is 1. The Bertz CT molecular complexity index is 1120. The summed E-state index contributed by atoms with van der Waals surface area (Å²) in [7, 11) is 0. The highest BCUT2D eigenvalue weighted by atomic mass is 16.3. The number of hydrogen-bond acceptors (Lipinski definition) is 4. The molecule has 6 heteroatoms. The number of rotatable bonds is 5. The molecule has 0 aliphatic carbocycles. The second kappa shape index (κ2) is 7.44. The molecule has 3 aromatic carbocycles. The van der Waals surface area contributed by atoms with E-state index in [4.69, 9.17) is 5.73 Å². The summed E-state index contributed by atoms with van der Waals surface area (Å²) in [5.41, 5.74) is 9.70. The molecule has 0 spiro atoms. The average Bonchev–Trinajstić information content (AvgIpc) is 3.17. The predicted molar refractivity (Wildman–Crippen MR) is 110 cm³/mol. The molecule has 0 fully saturated rings. The van der Waals surface area contributed by atoms with Crippen molar-refractivity contribution in [3.63, 3.8) is 0 Å². The number of nitrogen functional groups attached to an aromatic ring is 1. The number of phenols is 1. The Kier molecular flexibility index (Phi) is 4.68. The summed E-state index contributed by atoms with van der Waals surface area (Å²) in [6.07, 6.45) is 0.697. The second-order valence-electron chi connectivity index (χ2n) is 6.55. The van der Waals surface area contributed by atoms with Crippen LogP contribution in [0.5, 0.6) is 5.75 Å². The van der Waals surface area contributed by atoms with Crippen LogP contribution in [0.15, 0.2) is 66.7 Å². The van der Waals surface area contributed by atoms with Gasteiger partial charge < -0.3 is 21.1 Å². The van der Waals surface area contributed by atoms with Crippen molar-refractivity contribution in [3.8, 4) is 17.1 Å². The lowest BCUT2D eigenvalue weighted by Crippen LogP contribution is -2.25. The third kappa shape index (κ3) is 3.53. The first-order valence-electron chi connectivity index (χ1n) is 9.01. The number of aromatic hydroxyl groups is 1. The molecule has 0 bridgehead atoms. The zero-order valence-corrected chi connectivity index (χ0v) is 15.1. The van der Waals surface area contributed by atoms with Crippen molar-refractivity contribution >= 4 is 22.6 Å². The second-order valence-corrected chi connectivity index (χ2v) is 6.55. The standard InChI is InChI=1S/C22H20N4O2/c23-16-8-6-14(7-9-16)12-13-24-22(28)17-10-11-18(27)20-19(17)25-21(26-20)15-4-2-1-3-5-15/h1-11,27H,12-13,23H2,(H,24,28)(H,25,26). The molecule has 4 rings (SSSR count). The minimum Gasteiger partial charge on any atom is -0.506 e. The topological polar surface area (TPSA) is 104 Å². The molecular formula is C22H20N4O2. The van der Waals surface area contributed by atoms with Crippen molar-refractivity contribution in [2.24, 2.45) is 0 Å². The fraction of sp³-hybridized carbons (Fsp3) is 0.0909. The van der Waals surface area contributed by atoms with E-state index in [-0.39, 0.29) is 11.7 Å². The summed E-state index contributed by atoms with van der Waals surface area (Å²) in [5, 5.41) is 13.1. The summed E-state index contributed by atoms with van der Waals surface area (Å²) < 4.78 is 0. The van der Waals surface area contributed by atoms with Gasteiger partial charge in [0.2, 0.25) is 0 Å². The molecule has 0 aliphatic rings. The van der Waals surface area contributed by atoms with E-state index >= 15 is 0 Å². The van der Waals surface area contributed by atoms with Gasteiger partial charge in [0.25, 0.3) is 5.91 Å². The monoisotopic (exact) mass is 372 g/mol. The molecule has 5 N–H and O–H groups in total. The van der Waals surface area contributed by atoms with Crippen molar-refractivity contribution in [2.45, 2.75) is 6.42 Å². The quantitative estimate of drug-likeness (QED) is 0.403. The number of nitrogens with two attached hydrogens (primary N) is 1. The number of anilines is 1. The van der Waals surface area contributed by atoms with Crippen LogP contribution in [0, 0.1) is 0 Å². The average molecular weight is 372 g/mol. The Balaban J connectivity index is 1.55.